The fourth-order valence-corrected chi connectivity index (χ4v) is 4.88. The lowest BCUT2D eigenvalue weighted by atomic mass is 9.59. The zero-order chi connectivity index (χ0) is 15.3. The normalized spacial score (nSPS) is 38.9. The molecule has 2 saturated heterocycles. The van der Waals surface area contributed by atoms with Crippen LogP contribution in [0.5, 0.6) is 0 Å². The summed E-state index contributed by atoms with van der Waals surface area (Å²) in [5, 5.41) is 9.46. The Bertz CT molecular complexity index is 406. The van der Waals surface area contributed by atoms with E-state index in [1.807, 2.05) is 0 Å². The number of rotatable bonds is 2. The van der Waals surface area contributed by atoms with Gasteiger partial charge in [-0.1, -0.05) is 20.8 Å². The number of carboxylic acids is 1. The van der Waals surface area contributed by atoms with Gasteiger partial charge in [0.2, 0.25) is 0 Å². The first-order valence-electron chi connectivity index (χ1n) is 8.40. The van der Waals surface area contributed by atoms with Crippen LogP contribution in [0, 0.1) is 22.7 Å². The number of carbonyl (C=O) groups is 1. The molecule has 120 valence electrons. The smallest absolute Gasteiger partial charge is 0.307 e. The van der Waals surface area contributed by atoms with Crippen LogP contribution >= 0.6 is 0 Å². The number of carboxylic acid groups (broad SMARTS) is 1. The van der Waals surface area contributed by atoms with Gasteiger partial charge < -0.3 is 9.84 Å². The van der Waals surface area contributed by atoms with Crippen molar-refractivity contribution in [2.45, 2.75) is 52.5 Å². The molecule has 1 N–H and O–H groups in total. The Labute approximate surface area is 127 Å². The average molecular weight is 295 g/mol. The summed E-state index contributed by atoms with van der Waals surface area (Å²) >= 11 is 0. The Morgan fingerprint density at radius 1 is 1.19 bits per heavy atom. The van der Waals surface area contributed by atoms with E-state index in [0.29, 0.717) is 17.4 Å². The Morgan fingerprint density at radius 2 is 1.81 bits per heavy atom. The van der Waals surface area contributed by atoms with Gasteiger partial charge >= 0.3 is 5.97 Å². The van der Waals surface area contributed by atoms with Crippen molar-refractivity contribution in [1.82, 2.24) is 4.90 Å². The van der Waals surface area contributed by atoms with E-state index in [2.05, 4.69) is 25.7 Å². The van der Waals surface area contributed by atoms with E-state index in [0.717, 1.165) is 26.1 Å². The van der Waals surface area contributed by atoms with Crippen molar-refractivity contribution >= 4 is 5.97 Å². The lowest BCUT2D eigenvalue weighted by Gasteiger charge is -2.59. The number of likely N-dealkylation sites (tertiary alicyclic amines) is 1. The highest BCUT2D eigenvalue weighted by Gasteiger charge is 2.52. The van der Waals surface area contributed by atoms with Crippen LogP contribution in [-0.2, 0) is 9.53 Å². The van der Waals surface area contributed by atoms with Gasteiger partial charge in [-0.25, -0.2) is 0 Å². The number of nitrogens with zero attached hydrogens (tertiary/aromatic N) is 1. The van der Waals surface area contributed by atoms with E-state index in [1.54, 1.807) is 0 Å². The van der Waals surface area contributed by atoms with E-state index >= 15 is 0 Å². The second-order valence-electron chi connectivity index (χ2n) is 8.16. The monoisotopic (exact) mass is 295 g/mol. The summed E-state index contributed by atoms with van der Waals surface area (Å²) in [7, 11) is 0. The van der Waals surface area contributed by atoms with Crippen LogP contribution in [0.15, 0.2) is 0 Å². The first kappa shape index (κ1) is 15.3. The van der Waals surface area contributed by atoms with Gasteiger partial charge in [-0.2, -0.15) is 0 Å². The molecule has 0 amide bonds. The second kappa shape index (κ2) is 5.24. The van der Waals surface area contributed by atoms with E-state index in [9.17, 15) is 9.90 Å². The van der Waals surface area contributed by atoms with Crippen LogP contribution in [0.1, 0.15) is 46.5 Å². The van der Waals surface area contributed by atoms with Crippen molar-refractivity contribution in [2.24, 2.45) is 22.7 Å². The molecular formula is C17H29NO3. The molecule has 0 radical (unpaired) electrons. The summed E-state index contributed by atoms with van der Waals surface area (Å²) in [4.78, 5) is 14.1. The third-order valence-electron chi connectivity index (χ3n) is 6.80. The molecule has 1 spiro atoms. The summed E-state index contributed by atoms with van der Waals surface area (Å²) in [5.41, 5.74) is 0.388. The van der Waals surface area contributed by atoms with Gasteiger partial charge in [0.1, 0.15) is 0 Å². The van der Waals surface area contributed by atoms with Gasteiger partial charge in [-0.05, 0) is 37.0 Å². The van der Waals surface area contributed by atoms with E-state index in [4.69, 9.17) is 4.74 Å². The molecule has 3 atom stereocenters. The van der Waals surface area contributed by atoms with Gasteiger partial charge in [0.25, 0.3) is 0 Å². The maximum atomic E-state index is 11.5. The Hall–Kier alpha value is -0.610. The number of ether oxygens (including phenoxy) is 1. The summed E-state index contributed by atoms with van der Waals surface area (Å²) in [6, 6.07) is 0.559. The average Bonchev–Trinajstić information content (AvgIpc) is 2.39. The topological polar surface area (TPSA) is 49.8 Å². The van der Waals surface area contributed by atoms with Crippen LogP contribution in [0.3, 0.4) is 0 Å². The molecule has 4 heteroatoms. The van der Waals surface area contributed by atoms with Crippen molar-refractivity contribution in [1.29, 1.82) is 0 Å². The molecule has 21 heavy (non-hydrogen) atoms. The SMILES string of the molecule is CC1C(N2CC3(CCOCC3)C2)CCC(C(=O)O)C1(C)C. The Kier molecular flexibility index (Phi) is 3.81. The van der Waals surface area contributed by atoms with E-state index in [-0.39, 0.29) is 11.3 Å². The van der Waals surface area contributed by atoms with E-state index < -0.39 is 5.97 Å². The third-order valence-corrected chi connectivity index (χ3v) is 6.80. The third kappa shape index (κ3) is 2.50. The van der Waals surface area contributed by atoms with Crippen LogP contribution in [0.25, 0.3) is 0 Å². The molecule has 4 nitrogen and oxygen atoms in total. The van der Waals surface area contributed by atoms with Crippen molar-refractivity contribution in [3.63, 3.8) is 0 Å². The zero-order valence-corrected chi connectivity index (χ0v) is 13.6. The van der Waals surface area contributed by atoms with Gasteiger partial charge in [0.15, 0.2) is 0 Å². The Balaban J connectivity index is 1.64. The molecule has 1 aliphatic carbocycles. The second-order valence-corrected chi connectivity index (χ2v) is 8.16. The van der Waals surface area contributed by atoms with E-state index in [1.165, 1.54) is 25.9 Å². The summed E-state index contributed by atoms with van der Waals surface area (Å²) in [6.07, 6.45) is 4.26. The maximum absolute atomic E-state index is 11.5. The van der Waals surface area contributed by atoms with Crippen LogP contribution in [0.2, 0.25) is 0 Å². The highest BCUT2D eigenvalue weighted by atomic mass is 16.5. The van der Waals surface area contributed by atoms with Crippen molar-refractivity contribution in [3.05, 3.63) is 0 Å². The fourth-order valence-electron chi connectivity index (χ4n) is 4.88. The quantitative estimate of drug-likeness (QED) is 0.851. The minimum atomic E-state index is -0.616. The molecule has 0 aromatic rings. The van der Waals surface area contributed by atoms with Crippen LogP contribution < -0.4 is 0 Å². The first-order chi connectivity index (χ1) is 9.86. The minimum absolute atomic E-state index is 0.118. The predicted molar refractivity (Wildman–Crippen MR) is 81.2 cm³/mol. The molecule has 2 heterocycles. The molecule has 0 aromatic carbocycles. The zero-order valence-electron chi connectivity index (χ0n) is 13.6. The summed E-state index contributed by atoms with van der Waals surface area (Å²) in [6.45, 7) is 10.8. The summed E-state index contributed by atoms with van der Waals surface area (Å²) in [5.74, 6) is -0.374. The lowest BCUT2D eigenvalue weighted by Crippen LogP contribution is -2.65. The molecule has 2 aliphatic heterocycles. The Morgan fingerprint density at radius 3 is 2.38 bits per heavy atom. The standard InChI is InChI=1S/C17H29NO3/c1-12-14(5-4-13(15(19)20)16(12,2)3)18-10-17(11-18)6-8-21-9-7-17/h12-14H,4-11H2,1-3H3,(H,19,20). The number of aliphatic carboxylic acids is 1. The van der Waals surface area contributed by atoms with Gasteiger partial charge in [-0.15, -0.1) is 0 Å². The fraction of sp³-hybridized carbons (Fsp3) is 0.941. The van der Waals surface area contributed by atoms with Crippen molar-refractivity contribution in [3.8, 4) is 0 Å². The van der Waals surface area contributed by atoms with Crippen molar-refractivity contribution < 1.29 is 14.6 Å². The molecule has 0 aromatic heterocycles. The highest BCUT2D eigenvalue weighted by Crippen LogP contribution is 2.50. The maximum Gasteiger partial charge on any atom is 0.307 e. The molecular weight excluding hydrogens is 266 g/mol. The first-order valence-corrected chi connectivity index (χ1v) is 8.40. The minimum Gasteiger partial charge on any atom is -0.481 e. The van der Waals surface area contributed by atoms with Gasteiger partial charge in [0.05, 0.1) is 5.92 Å². The predicted octanol–water partition coefficient (Wildman–Crippen LogP) is 2.62. The number of hydrogen-bond acceptors (Lipinski definition) is 3. The van der Waals surface area contributed by atoms with Crippen molar-refractivity contribution in [2.75, 3.05) is 26.3 Å². The van der Waals surface area contributed by atoms with Crippen LogP contribution in [-0.4, -0.2) is 48.3 Å². The van der Waals surface area contributed by atoms with Gasteiger partial charge in [0, 0.05) is 37.8 Å². The molecule has 3 rings (SSSR count). The molecule has 3 aliphatic rings. The summed E-state index contributed by atoms with van der Waals surface area (Å²) < 4.78 is 5.49. The largest absolute Gasteiger partial charge is 0.481 e. The molecule has 3 fully saturated rings. The molecule has 3 unspecified atom stereocenters. The lowest BCUT2D eigenvalue weighted by molar-refractivity contribution is -0.159. The number of hydrogen-bond donors (Lipinski definition) is 1. The highest BCUT2D eigenvalue weighted by molar-refractivity contribution is 5.71. The van der Waals surface area contributed by atoms with Crippen LogP contribution in [0.4, 0.5) is 0 Å². The van der Waals surface area contributed by atoms with Gasteiger partial charge in [-0.3, -0.25) is 9.69 Å². The molecule has 0 bridgehead atoms. The molecule has 1 saturated carbocycles.